The number of thiophene rings is 1. The molecular weight excluding hydrogens is 334 g/mol. The Balaban J connectivity index is 1.69. The second-order valence-corrected chi connectivity index (χ2v) is 5.62. The first-order valence-electron chi connectivity index (χ1n) is 6.02. The highest BCUT2D eigenvalue weighted by Gasteiger charge is 2.21. The lowest BCUT2D eigenvalue weighted by Crippen LogP contribution is -2.05. The maximum absolute atomic E-state index is 12.0. The van der Waals surface area contributed by atoms with E-state index in [1.165, 1.54) is 18.2 Å². The maximum Gasteiger partial charge on any atom is 0.338 e. The number of fused-ring (bicyclic) bond motifs is 1. The highest BCUT2D eigenvalue weighted by atomic mass is 35.5. The van der Waals surface area contributed by atoms with Gasteiger partial charge >= 0.3 is 11.0 Å². The van der Waals surface area contributed by atoms with E-state index in [4.69, 9.17) is 25.8 Å². The summed E-state index contributed by atoms with van der Waals surface area (Å²) in [4.78, 5) is 22.1. The molecular formula is C13H8ClNO6S. The Morgan fingerprint density at radius 1 is 1.41 bits per heavy atom. The molecule has 0 bridgehead atoms. The van der Waals surface area contributed by atoms with Crippen LogP contribution in [0.25, 0.3) is 0 Å². The van der Waals surface area contributed by atoms with Crippen LogP contribution in [0.5, 0.6) is 11.5 Å². The third kappa shape index (κ3) is 2.83. The largest absolute Gasteiger partial charge is 0.457 e. The number of carbonyl (C=O) groups is 1. The van der Waals surface area contributed by atoms with Gasteiger partial charge in [-0.2, -0.15) is 0 Å². The first-order chi connectivity index (χ1) is 10.5. The molecule has 22 heavy (non-hydrogen) atoms. The number of hydrogen-bond donors (Lipinski definition) is 0. The van der Waals surface area contributed by atoms with Crippen molar-refractivity contribution in [1.29, 1.82) is 0 Å². The van der Waals surface area contributed by atoms with Gasteiger partial charge in [0.1, 0.15) is 6.61 Å². The Hall–Kier alpha value is -2.32. The van der Waals surface area contributed by atoms with Crippen LogP contribution in [0.1, 0.15) is 15.9 Å². The molecule has 0 amide bonds. The molecule has 0 aliphatic carbocycles. The van der Waals surface area contributed by atoms with Crippen LogP contribution >= 0.6 is 22.9 Å². The normalized spacial score (nSPS) is 12.2. The quantitative estimate of drug-likeness (QED) is 0.481. The molecule has 2 heterocycles. The van der Waals surface area contributed by atoms with Crippen molar-refractivity contribution >= 4 is 33.9 Å². The van der Waals surface area contributed by atoms with Crippen LogP contribution in [0, 0.1) is 10.1 Å². The van der Waals surface area contributed by atoms with Gasteiger partial charge in [-0.1, -0.05) is 22.9 Å². The van der Waals surface area contributed by atoms with E-state index in [1.54, 1.807) is 5.38 Å². The molecule has 0 fully saturated rings. The van der Waals surface area contributed by atoms with Crippen LogP contribution in [-0.4, -0.2) is 17.7 Å². The van der Waals surface area contributed by atoms with E-state index in [0.29, 0.717) is 17.1 Å². The molecule has 7 nitrogen and oxygen atoms in total. The molecule has 0 N–H and O–H groups in total. The van der Waals surface area contributed by atoms with E-state index >= 15 is 0 Å². The van der Waals surface area contributed by atoms with Gasteiger partial charge in [-0.05, 0) is 12.1 Å². The van der Waals surface area contributed by atoms with Gasteiger partial charge in [0.15, 0.2) is 11.5 Å². The summed E-state index contributed by atoms with van der Waals surface area (Å²) in [6, 6.07) is 4.27. The Bertz CT molecular complexity index is 759. The second kappa shape index (κ2) is 5.82. The summed E-state index contributed by atoms with van der Waals surface area (Å²) in [7, 11) is 0. The standard InChI is InChI=1S/C13H8ClNO6S/c14-9-2-8(3-10-12(9)21-6-20-10)13(16)19-4-7-1-11(15(17)18)22-5-7/h1-3,5H,4,6H2. The smallest absolute Gasteiger partial charge is 0.338 e. The van der Waals surface area contributed by atoms with Crippen LogP contribution < -0.4 is 9.47 Å². The van der Waals surface area contributed by atoms with Crippen LogP contribution in [0.3, 0.4) is 0 Å². The number of carbonyl (C=O) groups excluding carboxylic acids is 1. The van der Waals surface area contributed by atoms with Crippen molar-refractivity contribution in [3.63, 3.8) is 0 Å². The zero-order chi connectivity index (χ0) is 15.7. The topological polar surface area (TPSA) is 87.9 Å². The van der Waals surface area contributed by atoms with Gasteiger partial charge in [-0.25, -0.2) is 4.79 Å². The van der Waals surface area contributed by atoms with Gasteiger partial charge in [0.2, 0.25) is 6.79 Å². The molecule has 1 aliphatic heterocycles. The van der Waals surface area contributed by atoms with Gasteiger partial charge in [0.25, 0.3) is 0 Å². The van der Waals surface area contributed by atoms with Crippen LogP contribution in [0.15, 0.2) is 23.6 Å². The molecule has 0 unspecified atom stereocenters. The van der Waals surface area contributed by atoms with Crippen molar-refractivity contribution in [1.82, 2.24) is 0 Å². The average molecular weight is 342 g/mol. The molecule has 1 aliphatic rings. The van der Waals surface area contributed by atoms with Gasteiger partial charge < -0.3 is 14.2 Å². The minimum absolute atomic E-state index is 0.00262. The molecule has 1 aromatic carbocycles. The zero-order valence-electron chi connectivity index (χ0n) is 10.9. The van der Waals surface area contributed by atoms with Crippen molar-refractivity contribution in [3.8, 4) is 11.5 Å². The molecule has 9 heteroatoms. The minimum atomic E-state index is -0.603. The number of esters is 1. The first-order valence-corrected chi connectivity index (χ1v) is 7.28. The molecule has 2 aromatic rings. The van der Waals surface area contributed by atoms with Crippen LogP contribution in [0.2, 0.25) is 5.02 Å². The third-order valence-corrected chi connectivity index (χ3v) is 4.06. The van der Waals surface area contributed by atoms with Crippen molar-refractivity contribution in [2.45, 2.75) is 6.61 Å². The predicted molar refractivity (Wildman–Crippen MR) is 77.7 cm³/mol. The third-order valence-electron chi connectivity index (χ3n) is 2.85. The lowest BCUT2D eigenvalue weighted by Gasteiger charge is -2.05. The predicted octanol–water partition coefficient (Wildman–Crippen LogP) is 3.40. The summed E-state index contributed by atoms with van der Waals surface area (Å²) in [5, 5.41) is 12.4. The van der Waals surface area contributed by atoms with Gasteiger partial charge in [-0.15, -0.1) is 0 Å². The number of benzene rings is 1. The summed E-state index contributed by atoms with van der Waals surface area (Å²) in [5.74, 6) is 0.173. The minimum Gasteiger partial charge on any atom is -0.457 e. The molecule has 114 valence electrons. The van der Waals surface area contributed by atoms with Gasteiger partial charge in [0.05, 0.1) is 15.5 Å². The Labute approximate surface area is 133 Å². The van der Waals surface area contributed by atoms with Crippen LogP contribution in [0.4, 0.5) is 5.00 Å². The second-order valence-electron chi connectivity index (χ2n) is 4.32. The lowest BCUT2D eigenvalue weighted by atomic mass is 10.2. The number of nitrogens with zero attached hydrogens (tertiary/aromatic N) is 1. The number of nitro groups is 1. The fourth-order valence-electron chi connectivity index (χ4n) is 1.85. The summed E-state index contributed by atoms with van der Waals surface area (Å²) >= 11 is 6.96. The molecule has 0 atom stereocenters. The van der Waals surface area contributed by atoms with E-state index in [1.807, 2.05) is 0 Å². The van der Waals surface area contributed by atoms with Crippen LogP contribution in [-0.2, 0) is 11.3 Å². The molecule has 1 aromatic heterocycles. The van der Waals surface area contributed by atoms with E-state index < -0.39 is 10.9 Å². The first kappa shape index (κ1) is 14.6. The molecule has 0 radical (unpaired) electrons. The number of rotatable bonds is 4. The van der Waals surface area contributed by atoms with Gasteiger partial charge in [0, 0.05) is 17.0 Å². The maximum atomic E-state index is 12.0. The zero-order valence-corrected chi connectivity index (χ0v) is 12.5. The summed E-state index contributed by atoms with van der Waals surface area (Å²) in [6.07, 6.45) is 0. The SMILES string of the molecule is O=C(OCc1csc([N+](=O)[O-])c1)c1cc(Cl)c2c(c1)OCO2. The molecule has 0 saturated carbocycles. The summed E-state index contributed by atoms with van der Waals surface area (Å²) < 4.78 is 15.4. The van der Waals surface area contributed by atoms with E-state index in [9.17, 15) is 14.9 Å². The fraction of sp³-hybridized carbons (Fsp3) is 0.154. The summed E-state index contributed by atoms with van der Waals surface area (Å²) in [5.41, 5.74) is 0.774. The van der Waals surface area contributed by atoms with Crippen molar-refractivity contribution in [2.24, 2.45) is 0 Å². The fourth-order valence-corrected chi connectivity index (χ4v) is 2.83. The van der Waals surface area contributed by atoms with Crippen molar-refractivity contribution in [2.75, 3.05) is 6.79 Å². The number of hydrogen-bond acceptors (Lipinski definition) is 7. The average Bonchev–Trinajstić information content (AvgIpc) is 3.13. The molecule has 3 rings (SSSR count). The Morgan fingerprint density at radius 2 is 2.23 bits per heavy atom. The Morgan fingerprint density at radius 3 is 2.95 bits per heavy atom. The van der Waals surface area contributed by atoms with Crippen molar-refractivity contribution < 1.29 is 23.9 Å². The number of halogens is 1. The lowest BCUT2D eigenvalue weighted by molar-refractivity contribution is -0.380. The highest BCUT2D eigenvalue weighted by molar-refractivity contribution is 7.13. The van der Waals surface area contributed by atoms with Gasteiger partial charge in [-0.3, -0.25) is 10.1 Å². The molecule has 0 saturated heterocycles. The van der Waals surface area contributed by atoms with E-state index in [2.05, 4.69) is 0 Å². The van der Waals surface area contributed by atoms with E-state index in [-0.39, 0.29) is 29.0 Å². The molecule has 0 spiro atoms. The van der Waals surface area contributed by atoms with E-state index in [0.717, 1.165) is 11.3 Å². The monoisotopic (exact) mass is 341 g/mol. The highest BCUT2D eigenvalue weighted by Crippen LogP contribution is 2.40. The Kier molecular flexibility index (Phi) is 3.86. The van der Waals surface area contributed by atoms with Crippen molar-refractivity contribution in [3.05, 3.63) is 49.8 Å². The summed E-state index contributed by atoms with van der Waals surface area (Å²) in [6.45, 7) is -0.0125. The number of ether oxygens (including phenoxy) is 3.